The van der Waals surface area contributed by atoms with Crippen LogP contribution in [0.3, 0.4) is 0 Å². The summed E-state index contributed by atoms with van der Waals surface area (Å²) >= 11 is 0. The van der Waals surface area contributed by atoms with E-state index in [4.69, 9.17) is 10.00 Å². The molecule has 2 aromatic heterocycles. The van der Waals surface area contributed by atoms with Gasteiger partial charge in [0.1, 0.15) is 28.6 Å². The number of pyridine rings is 1. The number of ether oxygens (including phenoxy) is 1. The van der Waals surface area contributed by atoms with Gasteiger partial charge in [-0.1, -0.05) is 41.1 Å². The van der Waals surface area contributed by atoms with Gasteiger partial charge in [0.15, 0.2) is 0 Å². The van der Waals surface area contributed by atoms with Crippen LogP contribution in [0, 0.1) is 43.4 Å². The van der Waals surface area contributed by atoms with E-state index >= 15 is 0 Å². The van der Waals surface area contributed by atoms with E-state index in [1.165, 1.54) is 6.20 Å². The molecule has 1 amide bonds. The van der Waals surface area contributed by atoms with Crippen LogP contribution < -0.4 is 15.4 Å². The molecule has 0 atom stereocenters. The van der Waals surface area contributed by atoms with Crippen LogP contribution in [0.5, 0.6) is 11.5 Å². The third kappa shape index (κ3) is 6.84. The summed E-state index contributed by atoms with van der Waals surface area (Å²) in [4.78, 5) is 17.8. The molecule has 10 nitrogen and oxygen atoms in total. The van der Waals surface area contributed by atoms with Crippen molar-refractivity contribution >= 4 is 17.4 Å². The molecule has 2 heterocycles. The number of rotatable bonds is 9. The second-order valence-electron chi connectivity index (χ2n) is 10.1. The summed E-state index contributed by atoms with van der Waals surface area (Å²) < 4.78 is 7.99. The first kappa shape index (κ1) is 28.5. The standard InChI is InChI=1S/C33H28N8O2/c1-21-12-22(2)32(23(3)13-21)43-30-14-31(38-27-10-8-24(15-34)9-11-27)36-18-29(30)33(42)37-17-28-20-41(40-39-28)19-26-7-5-4-6-25(26)16-35/h4-14,18,20H,17,19H2,1-3H3,(H,36,38)(H,37,42). The topological polar surface area (TPSA) is 142 Å². The van der Waals surface area contributed by atoms with Gasteiger partial charge < -0.3 is 15.4 Å². The van der Waals surface area contributed by atoms with Gasteiger partial charge in [-0.15, -0.1) is 5.10 Å². The molecule has 10 heteroatoms. The van der Waals surface area contributed by atoms with Crippen LogP contribution in [-0.4, -0.2) is 25.9 Å². The molecule has 0 radical (unpaired) electrons. The average molecular weight is 569 g/mol. The second-order valence-corrected chi connectivity index (χ2v) is 10.1. The molecule has 0 saturated heterocycles. The van der Waals surface area contributed by atoms with E-state index < -0.39 is 0 Å². The lowest BCUT2D eigenvalue weighted by Gasteiger charge is -2.16. The SMILES string of the molecule is Cc1cc(C)c(Oc2cc(Nc3ccc(C#N)cc3)ncc2C(=O)NCc2cn(Cc3ccccc3C#N)nn2)c(C)c1. The van der Waals surface area contributed by atoms with Gasteiger partial charge in [0.25, 0.3) is 5.91 Å². The molecular weight excluding hydrogens is 540 g/mol. The van der Waals surface area contributed by atoms with Crippen LogP contribution in [0.1, 0.15) is 49.4 Å². The Hall–Kier alpha value is -6.00. The molecule has 2 N–H and O–H groups in total. The van der Waals surface area contributed by atoms with Crippen LogP contribution >= 0.6 is 0 Å². The zero-order valence-corrected chi connectivity index (χ0v) is 23.9. The van der Waals surface area contributed by atoms with E-state index in [9.17, 15) is 10.1 Å². The van der Waals surface area contributed by atoms with E-state index in [1.54, 1.807) is 47.3 Å². The summed E-state index contributed by atoms with van der Waals surface area (Å²) in [5.41, 5.74) is 6.49. The third-order valence-electron chi connectivity index (χ3n) is 6.70. The van der Waals surface area contributed by atoms with Gasteiger partial charge in [-0.05, 0) is 67.8 Å². The van der Waals surface area contributed by atoms with Crippen molar-refractivity contribution in [1.82, 2.24) is 25.3 Å². The molecule has 5 aromatic rings. The Morgan fingerprint density at radius 1 is 0.977 bits per heavy atom. The summed E-state index contributed by atoms with van der Waals surface area (Å²) in [7, 11) is 0. The highest BCUT2D eigenvalue weighted by Gasteiger charge is 2.18. The first-order chi connectivity index (χ1) is 20.8. The number of nitriles is 2. The highest BCUT2D eigenvalue weighted by molar-refractivity contribution is 5.97. The zero-order valence-electron chi connectivity index (χ0n) is 23.9. The minimum Gasteiger partial charge on any atom is -0.456 e. The van der Waals surface area contributed by atoms with Crippen molar-refractivity contribution in [3.63, 3.8) is 0 Å². The fourth-order valence-corrected chi connectivity index (χ4v) is 4.68. The fourth-order valence-electron chi connectivity index (χ4n) is 4.68. The molecule has 0 fully saturated rings. The molecule has 0 aliphatic carbocycles. The smallest absolute Gasteiger partial charge is 0.256 e. The van der Waals surface area contributed by atoms with Gasteiger partial charge in [0.2, 0.25) is 0 Å². The van der Waals surface area contributed by atoms with Crippen molar-refractivity contribution in [2.45, 2.75) is 33.9 Å². The fraction of sp³-hybridized carbons (Fsp3) is 0.152. The number of carbonyl (C=O) groups excluding carboxylic acids is 1. The quantitative estimate of drug-likeness (QED) is 0.225. The number of nitrogens with zero attached hydrogens (tertiary/aromatic N) is 6. The van der Waals surface area contributed by atoms with Gasteiger partial charge in [0.05, 0.1) is 42.6 Å². The third-order valence-corrected chi connectivity index (χ3v) is 6.70. The maximum absolute atomic E-state index is 13.4. The van der Waals surface area contributed by atoms with Crippen molar-refractivity contribution in [1.29, 1.82) is 10.5 Å². The van der Waals surface area contributed by atoms with Gasteiger partial charge >= 0.3 is 0 Å². The molecule has 0 aliphatic rings. The van der Waals surface area contributed by atoms with Gasteiger partial charge in [-0.25, -0.2) is 9.67 Å². The number of anilines is 2. The van der Waals surface area contributed by atoms with Crippen LogP contribution in [0.25, 0.3) is 0 Å². The molecular formula is C33H28N8O2. The minimum absolute atomic E-state index is 0.131. The normalized spacial score (nSPS) is 10.4. The Bertz CT molecular complexity index is 1860. The predicted molar refractivity (Wildman–Crippen MR) is 161 cm³/mol. The van der Waals surface area contributed by atoms with E-state index in [-0.39, 0.29) is 18.0 Å². The zero-order chi connectivity index (χ0) is 30.3. The molecule has 3 aromatic carbocycles. The minimum atomic E-state index is -0.390. The molecule has 0 aliphatic heterocycles. The number of carbonyl (C=O) groups is 1. The van der Waals surface area contributed by atoms with E-state index in [0.29, 0.717) is 40.7 Å². The van der Waals surface area contributed by atoms with Crippen molar-refractivity contribution in [2.75, 3.05) is 5.32 Å². The summed E-state index contributed by atoms with van der Waals surface area (Å²) in [6.07, 6.45) is 3.19. The highest BCUT2D eigenvalue weighted by atomic mass is 16.5. The lowest BCUT2D eigenvalue weighted by atomic mass is 10.1. The van der Waals surface area contributed by atoms with Crippen LogP contribution in [0.15, 0.2) is 79.1 Å². The molecule has 0 unspecified atom stereocenters. The first-order valence-electron chi connectivity index (χ1n) is 13.5. The van der Waals surface area contributed by atoms with Gasteiger partial charge in [-0.3, -0.25) is 4.79 Å². The van der Waals surface area contributed by atoms with Crippen molar-refractivity contribution in [2.24, 2.45) is 0 Å². The lowest BCUT2D eigenvalue weighted by molar-refractivity contribution is 0.0947. The van der Waals surface area contributed by atoms with Crippen molar-refractivity contribution in [3.05, 3.63) is 124 Å². The van der Waals surface area contributed by atoms with E-state index in [2.05, 4.69) is 38.1 Å². The van der Waals surface area contributed by atoms with Crippen LogP contribution in [0.2, 0.25) is 0 Å². The number of amides is 1. The van der Waals surface area contributed by atoms with Gasteiger partial charge in [-0.2, -0.15) is 10.5 Å². The molecule has 5 rings (SSSR count). The molecule has 0 saturated carbocycles. The van der Waals surface area contributed by atoms with Gasteiger partial charge in [0, 0.05) is 18.0 Å². The Balaban J connectivity index is 1.36. The van der Waals surface area contributed by atoms with Crippen LogP contribution in [0.4, 0.5) is 11.5 Å². The Morgan fingerprint density at radius 3 is 2.44 bits per heavy atom. The molecule has 43 heavy (non-hydrogen) atoms. The number of aryl methyl sites for hydroxylation is 3. The summed E-state index contributed by atoms with van der Waals surface area (Å²) in [5, 5.41) is 32.8. The Labute approximate surface area is 249 Å². The largest absolute Gasteiger partial charge is 0.456 e. The lowest BCUT2D eigenvalue weighted by Crippen LogP contribution is -2.24. The average Bonchev–Trinajstić information content (AvgIpc) is 3.45. The highest BCUT2D eigenvalue weighted by Crippen LogP contribution is 2.33. The maximum atomic E-state index is 13.4. The van der Waals surface area contributed by atoms with Crippen LogP contribution in [-0.2, 0) is 13.1 Å². The number of hydrogen-bond acceptors (Lipinski definition) is 8. The van der Waals surface area contributed by atoms with Crippen molar-refractivity contribution in [3.8, 4) is 23.6 Å². The number of benzene rings is 3. The molecule has 0 spiro atoms. The molecule has 212 valence electrons. The number of hydrogen-bond donors (Lipinski definition) is 2. The number of aromatic nitrogens is 4. The van der Waals surface area contributed by atoms with E-state index in [1.807, 2.05) is 51.1 Å². The summed E-state index contributed by atoms with van der Waals surface area (Å²) in [6, 6.07) is 24.3. The molecule has 0 bridgehead atoms. The Kier molecular flexibility index (Phi) is 8.40. The van der Waals surface area contributed by atoms with Crippen molar-refractivity contribution < 1.29 is 9.53 Å². The Morgan fingerprint density at radius 2 is 1.72 bits per heavy atom. The summed E-state index contributed by atoms with van der Waals surface area (Å²) in [5.74, 6) is 1.07. The number of nitrogens with one attached hydrogen (secondary N) is 2. The predicted octanol–water partition coefficient (Wildman–Crippen LogP) is 5.86. The van der Waals surface area contributed by atoms with E-state index in [0.717, 1.165) is 27.9 Å². The summed E-state index contributed by atoms with van der Waals surface area (Å²) in [6.45, 7) is 6.46. The monoisotopic (exact) mass is 568 g/mol. The second kappa shape index (κ2) is 12.7. The first-order valence-corrected chi connectivity index (χ1v) is 13.5. The maximum Gasteiger partial charge on any atom is 0.256 e.